The lowest BCUT2D eigenvalue weighted by molar-refractivity contribution is 0.0906. The number of carbonyl (C=O) groups is 1. The average Bonchev–Trinajstić information content (AvgIpc) is 2.28. The van der Waals surface area contributed by atoms with E-state index in [2.05, 4.69) is 21.2 Å². The smallest absolute Gasteiger partial charge is 0.252 e. The fraction of sp³-hybridized carbons (Fsp3) is 0.364. The van der Waals surface area contributed by atoms with Crippen molar-refractivity contribution >= 4 is 33.4 Å². The molecule has 1 rings (SSSR count). The van der Waals surface area contributed by atoms with Gasteiger partial charge < -0.3 is 10.1 Å². The zero-order valence-corrected chi connectivity index (χ0v) is 11.5. The molecule has 1 atom stereocenters. The lowest BCUT2D eigenvalue weighted by Crippen LogP contribution is -2.39. The summed E-state index contributed by atoms with van der Waals surface area (Å²) in [6.45, 7) is 0.327. The molecule has 0 heterocycles. The van der Waals surface area contributed by atoms with Gasteiger partial charge in [0.05, 0.1) is 18.2 Å². The molecule has 0 aliphatic heterocycles. The predicted molar refractivity (Wildman–Crippen MR) is 68.0 cm³/mol. The fourth-order valence-corrected chi connectivity index (χ4v) is 1.96. The summed E-state index contributed by atoms with van der Waals surface area (Å²) in [7, 11) is 1.53. The average molecular weight is 325 g/mol. The molecular formula is C11H12BrClFNO2. The van der Waals surface area contributed by atoms with E-state index >= 15 is 0 Å². The maximum atomic E-state index is 12.9. The lowest BCUT2D eigenvalue weighted by Gasteiger charge is -2.15. The first-order chi connectivity index (χ1) is 8.08. The van der Waals surface area contributed by atoms with Crippen molar-refractivity contribution in [2.45, 2.75) is 6.04 Å². The molecule has 1 N–H and O–H groups in total. The summed E-state index contributed by atoms with van der Waals surface area (Å²) >= 11 is 8.81. The third-order valence-electron chi connectivity index (χ3n) is 2.07. The molecule has 0 fully saturated rings. The Labute approximate surface area is 112 Å². The molecular weight excluding hydrogens is 312 g/mol. The molecule has 0 saturated carbocycles. The first-order valence-corrected chi connectivity index (χ1v) is 6.22. The maximum Gasteiger partial charge on any atom is 0.252 e. The van der Waals surface area contributed by atoms with Crippen LogP contribution in [0.4, 0.5) is 4.39 Å². The number of alkyl halides is 1. The van der Waals surface area contributed by atoms with E-state index in [9.17, 15) is 9.18 Å². The largest absolute Gasteiger partial charge is 0.383 e. The molecule has 0 spiro atoms. The molecule has 94 valence electrons. The molecule has 6 heteroatoms. The fourth-order valence-electron chi connectivity index (χ4n) is 1.26. The Morgan fingerprint density at radius 3 is 2.88 bits per heavy atom. The van der Waals surface area contributed by atoms with Gasteiger partial charge in [0.15, 0.2) is 0 Å². The number of methoxy groups -OCH3 is 1. The molecule has 0 aliphatic carbocycles. The number of nitrogens with one attached hydrogen (secondary N) is 1. The molecule has 0 bridgehead atoms. The number of carbonyl (C=O) groups excluding carboxylic acids is 1. The highest BCUT2D eigenvalue weighted by Gasteiger charge is 2.15. The van der Waals surface area contributed by atoms with Crippen molar-refractivity contribution in [1.82, 2.24) is 5.32 Å². The quantitative estimate of drug-likeness (QED) is 0.846. The van der Waals surface area contributed by atoms with Gasteiger partial charge in [0.1, 0.15) is 5.82 Å². The molecule has 0 aromatic heterocycles. The SMILES string of the molecule is COCC(CCl)NC(=O)c1ccc(F)cc1Br. The van der Waals surface area contributed by atoms with Crippen molar-refractivity contribution in [3.05, 3.63) is 34.1 Å². The molecule has 17 heavy (non-hydrogen) atoms. The van der Waals surface area contributed by atoms with Crippen LogP contribution in [-0.4, -0.2) is 31.5 Å². The molecule has 0 aliphatic rings. The molecule has 1 amide bonds. The Bertz CT molecular complexity index is 403. The van der Waals surface area contributed by atoms with Gasteiger partial charge in [-0.1, -0.05) is 0 Å². The topological polar surface area (TPSA) is 38.3 Å². The molecule has 0 saturated heterocycles. The zero-order valence-electron chi connectivity index (χ0n) is 9.17. The van der Waals surface area contributed by atoms with Gasteiger partial charge in [-0.3, -0.25) is 4.79 Å². The normalized spacial score (nSPS) is 12.2. The van der Waals surface area contributed by atoms with Crippen LogP contribution in [-0.2, 0) is 4.74 Å². The second kappa shape index (κ2) is 6.93. The Balaban J connectivity index is 2.75. The van der Waals surface area contributed by atoms with Crippen LogP contribution < -0.4 is 5.32 Å². The van der Waals surface area contributed by atoms with Crippen molar-refractivity contribution < 1.29 is 13.9 Å². The first kappa shape index (κ1) is 14.4. The summed E-state index contributed by atoms with van der Waals surface area (Å²) < 4.78 is 18.2. The van der Waals surface area contributed by atoms with Crippen molar-refractivity contribution in [3.8, 4) is 0 Å². The van der Waals surface area contributed by atoms with Crippen LogP contribution in [0, 0.1) is 5.82 Å². The van der Waals surface area contributed by atoms with Crippen LogP contribution in [0.3, 0.4) is 0 Å². The van der Waals surface area contributed by atoms with Gasteiger partial charge in [-0.2, -0.15) is 0 Å². The standard InChI is InChI=1S/C11H12BrClFNO2/c1-17-6-8(5-13)15-11(16)9-3-2-7(14)4-10(9)12/h2-4,8H,5-6H2,1H3,(H,15,16). The minimum atomic E-state index is -0.404. The third kappa shape index (κ3) is 4.26. The van der Waals surface area contributed by atoms with Crippen LogP contribution in [0.2, 0.25) is 0 Å². The summed E-state index contributed by atoms with van der Waals surface area (Å²) in [5.74, 6) is -0.475. The van der Waals surface area contributed by atoms with E-state index in [4.69, 9.17) is 16.3 Å². The van der Waals surface area contributed by atoms with Crippen LogP contribution in [0.15, 0.2) is 22.7 Å². The number of rotatable bonds is 5. The van der Waals surface area contributed by atoms with Crippen molar-refractivity contribution in [2.24, 2.45) is 0 Å². The minimum absolute atomic E-state index is 0.248. The van der Waals surface area contributed by atoms with Gasteiger partial charge >= 0.3 is 0 Å². The van der Waals surface area contributed by atoms with E-state index in [0.29, 0.717) is 16.6 Å². The number of ether oxygens (including phenoxy) is 1. The highest BCUT2D eigenvalue weighted by atomic mass is 79.9. The van der Waals surface area contributed by atoms with Gasteiger partial charge in [-0.05, 0) is 34.1 Å². The van der Waals surface area contributed by atoms with E-state index in [1.54, 1.807) is 0 Å². The van der Waals surface area contributed by atoms with Crippen molar-refractivity contribution in [1.29, 1.82) is 0 Å². The maximum absolute atomic E-state index is 12.9. The van der Waals surface area contributed by atoms with Gasteiger partial charge in [0, 0.05) is 17.5 Å². The van der Waals surface area contributed by atoms with Gasteiger partial charge in [0.2, 0.25) is 0 Å². The predicted octanol–water partition coefficient (Wildman–Crippen LogP) is 2.57. The molecule has 1 aromatic rings. The summed E-state index contributed by atoms with van der Waals surface area (Å²) in [5.41, 5.74) is 0.359. The number of hydrogen-bond donors (Lipinski definition) is 1. The first-order valence-electron chi connectivity index (χ1n) is 4.89. The summed E-state index contributed by atoms with van der Waals surface area (Å²) in [6.07, 6.45) is 0. The van der Waals surface area contributed by atoms with Gasteiger partial charge in [-0.25, -0.2) is 4.39 Å². The minimum Gasteiger partial charge on any atom is -0.383 e. The third-order valence-corrected chi connectivity index (χ3v) is 3.09. The Kier molecular flexibility index (Phi) is 5.88. The summed E-state index contributed by atoms with van der Waals surface area (Å²) in [5, 5.41) is 2.70. The van der Waals surface area contributed by atoms with E-state index in [1.807, 2.05) is 0 Å². The van der Waals surface area contributed by atoms with E-state index in [-0.39, 0.29) is 17.8 Å². The molecule has 0 radical (unpaired) electrons. The Hall–Kier alpha value is -0.650. The van der Waals surface area contributed by atoms with Crippen molar-refractivity contribution in [3.63, 3.8) is 0 Å². The number of halogens is 3. The Morgan fingerprint density at radius 1 is 1.65 bits per heavy atom. The van der Waals surface area contributed by atoms with E-state index in [0.717, 1.165) is 0 Å². The van der Waals surface area contributed by atoms with Crippen LogP contribution in [0.25, 0.3) is 0 Å². The summed E-state index contributed by atoms with van der Waals surface area (Å²) in [4.78, 5) is 11.8. The zero-order chi connectivity index (χ0) is 12.8. The van der Waals surface area contributed by atoms with Gasteiger partial charge in [-0.15, -0.1) is 11.6 Å². The second-order valence-corrected chi connectivity index (χ2v) is 4.57. The molecule has 1 unspecified atom stereocenters. The van der Waals surface area contributed by atoms with Crippen LogP contribution in [0.5, 0.6) is 0 Å². The highest BCUT2D eigenvalue weighted by Crippen LogP contribution is 2.18. The highest BCUT2D eigenvalue weighted by molar-refractivity contribution is 9.10. The second-order valence-electron chi connectivity index (χ2n) is 3.40. The van der Waals surface area contributed by atoms with E-state index < -0.39 is 5.82 Å². The Morgan fingerprint density at radius 2 is 2.35 bits per heavy atom. The van der Waals surface area contributed by atoms with Crippen LogP contribution in [0.1, 0.15) is 10.4 Å². The molecule has 1 aromatic carbocycles. The monoisotopic (exact) mass is 323 g/mol. The number of benzene rings is 1. The number of amides is 1. The summed E-state index contributed by atoms with van der Waals surface area (Å²) in [6, 6.07) is 3.60. The van der Waals surface area contributed by atoms with Gasteiger partial charge in [0.25, 0.3) is 5.91 Å². The van der Waals surface area contributed by atoms with Crippen molar-refractivity contribution in [2.75, 3.05) is 19.6 Å². The number of hydrogen-bond acceptors (Lipinski definition) is 2. The lowest BCUT2D eigenvalue weighted by atomic mass is 10.2. The molecule has 3 nitrogen and oxygen atoms in total. The van der Waals surface area contributed by atoms with Crippen LogP contribution >= 0.6 is 27.5 Å². The van der Waals surface area contributed by atoms with E-state index in [1.165, 1.54) is 25.3 Å².